The zero-order valence-corrected chi connectivity index (χ0v) is 32.2. The molecule has 4 unspecified atom stereocenters. The monoisotopic (exact) mass is 798 g/mol. The summed E-state index contributed by atoms with van der Waals surface area (Å²) in [6.07, 6.45) is -2.42. The highest BCUT2D eigenvalue weighted by Crippen LogP contribution is 2.14. The lowest BCUT2D eigenvalue weighted by atomic mass is 10.1. The first-order valence-electron chi connectivity index (χ1n) is 18.1. The number of rotatable bonds is 20. The number of hydrogen-bond acceptors (Lipinski definition) is 15. The van der Waals surface area contributed by atoms with Crippen molar-refractivity contribution < 1.29 is 71.8 Å². The molecular weight excluding hydrogens is 756 g/mol. The molecule has 4 aromatic rings. The number of carbonyl (C=O) groups is 7. The quantitative estimate of drug-likeness (QED) is 0.0330. The smallest absolute Gasteiger partial charge is 0.338 e. The number of benzene rings is 4. The Morgan fingerprint density at radius 1 is 0.414 bits per heavy atom. The minimum Gasteiger partial charge on any atom is -0.459 e. The predicted molar refractivity (Wildman–Crippen MR) is 203 cm³/mol. The maximum Gasteiger partial charge on any atom is 0.338 e. The van der Waals surface area contributed by atoms with Crippen molar-refractivity contribution in [2.24, 2.45) is 0 Å². The van der Waals surface area contributed by atoms with Gasteiger partial charge in [0.05, 0.1) is 33.4 Å². The van der Waals surface area contributed by atoms with Gasteiger partial charge in [-0.2, -0.15) is 0 Å². The summed E-state index contributed by atoms with van der Waals surface area (Å²) in [6, 6.07) is 25.6. The molecule has 4 rings (SSSR count). The molecule has 0 aliphatic rings. The molecule has 4 aromatic carbocycles. The average Bonchev–Trinajstić information content (AvgIpc) is 3.25. The number of hydrogen-bond donors (Lipinski definition) is 0. The Labute approximate surface area is 334 Å². The molecule has 15 heteroatoms. The van der Waals surface area contributed by atoms with E-state index in [1.165, 1.54) is 86.6 Å². The van der Waals surface area contributed by atoms with Gasteiger partial charge < -0.3 is 28.4 Å². The summed E-state index contributed by atoms with van der Waals surface area (Å²) in [4.78, 5) is 96.9. The van der Waals surface area contributed by atoms with Crippen LogP contribution in [0.15, 0.2) is 103 Å². The van der Waals surface area contributed by atoms with Crippen molar-refractivity contribution in [2.75, 3.05) is 26.4 Å². The van der Waals surface area contributed by atoms with Crippen molar-refractivity contribution in [2.45, 2.75) is 52.1 Å². The van der Waals surface area contributed by atoms with E-state index in [9.17, 15) is 33.6 Å². The second kappa shape index (κ2) is 22.1. The van der Waals surface area contributed by atoms with E-state index >= 15 is 0 Å². The van der Waals surface area contributed by atoms with Crippen LogP contribution >= 0.6 is 0 Å². The van der Waals surface area contributed by atoms with Gasteiger partial charge in [0.1, 0.15) is 57.1 Å². The average molecular weight is 799 g/mol. The molecule has 58 heavy (non-hydrogen) atoms. The molecular formula is C43H42O15. The van der Waals surface area contributed by atoms with E-state index in [1.54, 1.807) is 44.2 Å². The Balaban J connectivity index is 1.16. The van der Waals surface area contributed by atoms with Gasteiger partial charge in [0, 0.05) is 5.56 Å². The van der Waals surface area contributed by atoms with Gasteiger partial charge in [-0.1, -0.05) is 42.5 Å². The summed E-state index contributed by atoms with van der Waals surface area (Å²) >= 11 is 0. The zero-order valence-electron chi connectivity index (χ0n) is 32.2. The summed E-state index contributed by atoms with van der Waals surface area (Å²) in [5, 5.41) is 0. The largest absolute Gasteiger partial charge is 0.459 e. The maximum atomic E-state index is 12.9. The fraction of sp³-hybridized carbons (Fsp3) is 0.279. The molecule has 0 saturated carbocycles. The third kappa shape index (κ3) is 14.1. The van der Waals surface area contributed by atoms with Gasteiger partial charge in [0.2, 0.25) is 0 Å². The highest BCUT2D eigenvalue weighted by atomic mass is 17.2. The van der Waals surface area contributed by atoms with Crippen molar-refractivity contribution >= 4 is 42.1 Å². The number of ether oxygens (including phenoxy) is 6. The van der Waals surface area contributed by atoms with E-state index in [4.69, 9.17) is 38.2 Å². The van der Waals surface area contributed by atoms with Gasteiger partial charge in [0.15, 0.2) is 0 Å². The van der Waals surface area contributed by atoms with Crippen LogP contribution in [0.5, 0.6) is 0 Å². The predicted octanol–water partition coefficient (Wildman–Crippen LogP) is 6.04. The van der Waals surface area contributed by atoms with Crippen LogP contribution < -0.4 is 0 Å². The summed E-state index contributed by atoms with van der Waals surface area (Å²) in [6.45, 7) is 5.43. The molecule has 0 aliphatic heterocycles. The fourth-order valence-electron chi connectivity index (χ4n) is 4.78. The van der Waals surface area contributed by atoms with Gasteiger partial charge in [0.25, 0.3) is 0 Å². The molecule has 0 radical (unpaired) electrons. The second-order valence-corrected chi connectivity index (χ2v) is 12.9. The number of carbonyl (C=O) groups excluding carboxylic acids is 7. The molecule has 0 aromatic heterocycles. The van der Waals surface area contributed by atoms with Crippen molar-refractivity contribution in [1.82, 2.24) is 0 Å². The molecule has 0 fully saturated rings. The third-order valence-electron chi connectivity index (χ3n) is 7.73. The third-order valence-corrected chi connectivity index (χ3v) is 7.73. The molecule has 304 valence electrons. The summed E-state index contributed by atoms with van der Waals surface area (Å²) < 4.78 is 31.7. The Hall–Kier alpha value is -6.71. The van der Waals surface area contributed by atoms with Crippen LogP contribution in [0.3, 0.4) is 0 Å². The minimum absolute atomic E-state index is 0.0264. The summed E-state index contributed by atoms with van der Waals surface area (Å²) in [5.74, 6) is -4.30. The second-order valence-electron chi connectivity index (χ2n) is 12.9. The lowest BCUT2D eigenvalue weighted by Gasteiger charge is -2.17. The van der Waals surface area contributed by atoms with Crippen LogP contribution in [0, 0.1) is 0 Å². The Kier molecular flexibility index (Phi) is 16.8. The molecule has 0 amide bonds. The Morgan fingerprint density at radius 2 is 0.741 bits per heavy atom. The van der Waals surface area contributed by atoms with E-state index in [2.05, 4.69) is 0 Å². The van der Waals surface area contributed by atoms with Crippen LogP contribution in [0.4, 0.5) is 0 Å². The first-order valence-corrected chi connectivity index (χ1v) is 18.1. The number of esters is 6. The first kappa shape index (κ1) is 44.0. The summed E-state index contributed by atoms with van der Waals surface area (Å²) in [5.41, 5.74) is 1.05. The van der Waals surface area contributed by atoms with Gasteiger partial charge in [-0.3, -0.25) is 4.79 Å². The van der Waals surface area contributed by atoms with Gasteiger partial charge in [-0.25, -0.2) is 38.5 Å². The van der Waals surface area contributed by atoms with E-state index < -0.39 is 60.2 Å². The van der Waals surface area contributed by atoms with Crippen LogP contribution in [0.25, 0.3) is 0 Å². The first-order chi connectivity index (χ1) is 27.8. The molecule has 0 heterocycles. The van der Waals surface area contributed by atoms with E-state index in [-0.39, 0.29) is 54.2 Å². The standard InChI is InChI=1S/C43H42O15/c1-27(23-51-39(46)33-14-8-11-31(19-33)22-44)55-42(49)36-17-9-15-34(20-36)40(47)52-24-28(2)56-43(50)37-18-10-16-35(21-37)41(48)54-26-30(4)58-57-29(3)25-53-38(45)32-12-6-5-7-13-32/h5-22,27-30H,23-26H2,1-4H3. The van der Waals surface area contributed by atoms with Crippen LogP contribution in [-0.4, -0.2) is 92.9 Å². The maximum absolute atomic E-state index is 12.9. The fourth-order valence-corrected chi connectivity index (χ4v) is 4.78. The topological polar surface area (TPSA) is 193 Å². The molecule has 0 bridgehead atoms. The van der Waals surface area contributed by atoms with Gasteiger partial charge >= 0.3 is 35.8 Å². The van der Waals surface area contributed by atoms with Crippen molar-refractivity contribution in [3.8, 4) is 0 Å². The van der Waals surface area contributed by atoms with Crippen LogP contribution in [0.2, 0.25) is 0 Å². The highest BCUT2D eigenvalue weighted by Gasteiger charge is 2.21. The van der Waals surface area contributed by atoms with Crippen molar-refractivity contribution in [3.05, 3.63) is 142 Å². The Morgan fingerprint density at radius 3 is 1.16 bits per heavy atom. The molecule has 15 nitrogen and oxygen atoms in total. The Bertz CT molecular complexity index is 2060. The van der Waals surface area contributed by atoms with E-state index in [0.29, 0.717) is 17.4 Å². The summed E-state index contributed by atoms with van der Waals surface area (Å²) in [7, 11) is 0. The molecule has 0 saturated heterocycles. The number of aldehydes is 1. The molecule has 4 atom stereocenters. The van der Waals surface area contributed by atoms with Crippen LogP contribution in [-0.2, 0) is 38.2 Å². The lowest BCUT2D eigenvalue weighted by Crippen LogP contribution is -2.25. The van der Waals surface area contributed by atoms with Crippen LogP contribution in [0.1, 0.15) is 100 Å². The highest BCUT2D eigenvalue weighted by molar-refractivity contribution is 5.96. The SMILES string of the molecule is CC(COC(=O)c1ccccc1)OOC(C)COC(=O)c1cccc(C(=O)OC(C)COC(=O)c2cccc(C(=O)OC(C)COC(=O)c3cccc(C=O)c3)c2)c1. The zero-order chi connectivity index (χ0) is 42.0. The minimum atomic E-state index is -0.896. The van der Waals surface area contributed by atoms with Crippen molar-refractivity contribution in [1.29, 1.82) is 0 Å². The van der Waals surface area contributed by atoms with E-state index in [0.717, 1.165) is 0 Å². The molecule has 0 aliphatic carbocycles. The molecule has 0 N–H and O–H groups in total. The van der Waals surface area contributed by atoms with Gasteiger partial charge in [-0.05, 0) is 88.4 Å². The normalized spacial score (nSPS) is 12.8. The molecule has 0 spiro atoms. The van der Waals surface area contributed by atoms with E-state index in [1.807, 2.05) is 0 Å². The lowest BCUT2D eigenvalue weighted by molar-refractivity contribution is -0.351. The van der Waals surface area contributed by atoms with Crippen molar-refractivity contribution in [3.63, 3.8) is 0 Å². The van der Waals surface area contributed by atoms with Gasteiger partial charge in [-0.15, -0.1) is 0 Å².